The number of carbonyl (C=O) groups is 2. The molecule has 1 saturated carbocycles. The normalized spacial score (nSPS) is 27.3. The average molecular weight is 397 g/mol. The quantitative estimate of drug-likeness (QED) is 0.715. The fraction of sp³-hybridized carbons (Fsp3) is 0.391. The van der Waals surface area contributed by atoms with Crippen molar-refractivity contribution in [1.82, 2.24) is 0 Å². The van der Waals surface area contributed by atoms with Gasteiger partial charge in [0.2, 0.25) is 5.12 Å². The van der Waals surface area contributed by atoms with Crippen LogP contribution in [0.25, 0.3) is 0 Å². The first-order chi connectivity index (χ1) is 13.3. The Labute approximate surface area is 169 Å². The molecule has 1 aliphatic carbocycles. The lowest BCUT2D eigenvalue weighted by Gasteiger charge is -2.14. The molecule has 4 nitrogen and oxygen atoms in total. The molecule has 1 aromatic carbocycles. The van der Waals surface area contributed by atoms with Crippen LogP contribution in [0.4, 0.5) is 0 Å². The maximum atomic E-state index is 12.3. The highest BCUT2D eigenvalue weighted by atomic mass is 32.2. The Morgan fingerprint density at radius 3 is 2.68 bits per heavy atom. The van der Waals surface area contributed by atoms with Crippen LogP contribution < -0.4 is 0 Å². The highest BCUT2D eigenvalue weighted by Gasteiger charge is 2.74. The second-order valence-electron chi connectivity index (χ2n) is 8.31. The SMILES string of the molecule is CC1(C)[C@H](/C=C2\CCSC2=O)[C@@]1(Cc1coc(Cc2ccccc2)c1)C(=O)O. The largest absolute Gasteiger partial charge is 0.481 e. The standard InChI is InChI=1S/C23H24O4S/c1-22(2)19(12-17-8-9-28-20(17)24)23(22,21(25)26)13-16-11-18(27-14-16)10-15-6-4-3-5-7-15/h3-7,11-12,14,19H,8-10,13H2,1-2H3,(H,25,26)/b17-12+/t19-,23-/m0/s1. The molecule has 2 aromatic rings. The lowest BCUT2D eigenvalue weighted by molar-refractivity contribution is -0.145. The van der Waals surface area contributed by atoms with E-state index < -0.39 is 16.8 Å². The van der Waals surface area contributed by atoms with Gasteiger partial charge in [-0.15, -0.1) is 0 Å². The summed E-state index contributed by atoms with van der Waals surface area (Å²) in [7, 11) is 0. The van der Waals surface area contributed by atoms with E-state index in [2.05, 4.69) is 0 Å². The minimum absolute atomic E-state index is 0.0930. The molecule has 1 saturated heterocycles. The molecule has 0 amide bonds. The minimum Gasteiger partial charge on any atom is -0.481 e. The summed E-state index contributed by atoms with van der Waals surface area (Å²) in [4.78, 5) is 24.3. The van der Waals surface area contributed by atoms with Gasteiger partial charge in [-0.05, 0) is 35.4 Å². The van der Waals surface area contributed by atoms with Crippen molar-refractivity contribution in [1.29, 1.82) is 0 Å². The lowest BCUT2D eigenvalue weighted by Crippen LogP contribution is -2.24. The summed E-state index contributed by atoms with van der Waals surface area (Å²) in [6.07, 6.45) is 5.44. The number of carboxylic acid groups (broad SMARTS) is 1. The van der Waals surface area contributed by atoms with E-state index in [4.69, 9.17) is 4.42 Å². The van der Waals surface area contributed by atoms with Crippen molar-refractivity contribution >= 4 is 22.8 Å². The summed E-state index contributed by atoms with van der Waals surface area (Å²) in [5.74, 6) is 0.672. The predicted octanol–water partition coefficient (Wildman–Crippen LogP) is 4.73. The van der Waals surface area contributed by atoms with Gasteiger partial charge in [0.15, 0.2) is 0 Å². The fourth-order valence-electron chi connectivity index (χ4n) is 4.60. The first-order valence-electron chi connectivity index (χ1n) is 9.56. The number of thioether (sulfide) groups is 1. The van der Waals surface area contributed by atoms with Crippen LogP contribution >= 0.6 is 11.8 Å². The van der Waals surface area contributed by atoms with Crippen LogP contribution in [0.3, 0.4) is 0 Å². The minimum atomic E-state index is -0.901. The molecule has 2 aliphatic rings. The Morgan fingerprint density at radius 2 is 2.04 bits per heavy atom. The van der Waals surface area contributed by atoms with Gasteiger partial charge in [0.05, 0.1) is 11.7 Å². The van der Waals surface area contributed by atoms with Gasteiger partial charge in [-0.3, -0.25) is 9.59 Å². The molecule has 1 N–H and O–H groups in total. The molecule has 28 heavy (non-hydrogen) atoms. The Bertz CT molecular complexity index is 941. The van der Waals surface area contributed by atoms with Crippen LogP contribution in [0.15, 0.2) is 58.7 Å². The molecule has 0 unspecified atom stereocenters. The molecular formula is C23H24O4S. The van der Waals surface area contributed by atoms with E-state index in [0.717, 1.165) is 34.6 Å². The van der Waals surface area contributed by atoms with Crippen molar-refractivity contribution in [2.75, 3.05) is 5.75 Å². The van der Waals surface area contributed by atoms with Gasteiger partial charge in [0.25, 0.3) is 0 Å². The number of carboxylic acids is 1. The number of aliphatic carboxylic acids is 1. The van der Waals surface area contributed by atoms with Crippen molar-refractivity contribution in [2.45, 2.75) is 33.1 Å². The number of hydrogen-bond acceptors (Lipinski definition) is 4. The van der Waals surface area contributed by atoms with Crippen molar-refractivity contribution in [2.24, 2.45) is 16.7 Å². The Hall–Kier alpha value is -2.27. The van der Waals surface area contributed by atoms with E-state index in [1.165, 1.54) is 11.8 Å². The third-order valence-electron chi connectivity index (χ3n) is 6.40. The number of allylic oxidation sites excluding steroid dienone is 1. The Kier molecular flexibility index (Phi) is 4.74. The first-order valence-corrected chi connectivity index (χ1v) is 10.5. The Balaban J connectivity index is 1.56. The first kappa shape index (κ1) is 19.1. The number of benzene rings is 1. The molecule has 5 heteroatoms. The maximum Gasteiger partial charge on any atom is 0.311 e. The van der Waals surface area contributed by atoms with E-state index in [0.29, 0.717) is 12.8 Å². The second kappa shape index (κ2) is 6.96. The van der Waals surface area contributed by atoms with Crippen LogP contribution in [0.2, 0.25) is 0 Å². The van der Waals surface area contributed by atoms with E-state index in [1.54, 1.807) is 6.26 Å². The summed E-state index contributed by atoms with van der Waals surface area (Å²) in [5.41, 5.74) is 1.53. The van der Waals surface area contributed by atoms with Crippen LogP contribution in [-0.4, -0.2) is 21.9 Å². The van der Waals surface area contributed by atoms with Crippen LogP contribution in [0.5, 0.6) is 0 Å². The molecule has 0 radical (unpaired) electrons. The molecule has 4 rings (SSSR count). The number of carbonyl (C=O) groups excluding carboxylic acids is 1. The molecule has 1 aliphatic heterocycles. The molecule has 2 heterocycles. The predicted molar refractivity (Wildman–Crippen MR) is 109 cm³/mol. The van der Waals surface area contributed by atoms with Crippen molar-refractivity contribution in [3.8, 4) is 0 Å². The zero-order valence-corrected chi connectivity index (χ0v) is 16.9. The monoisotopic (exact) mass is 396 g/mol. The Morgan fingerprint density at radius 1 is 1.29 bits per heavy atom. The lowest BCUT2D eigenvalue weighted by atomic mass is 9.89. The molecule has 2 atom stereocenters. The fourth-order valence-corrected chi connectivity index (χ4v) is 5.46. The molecule has 1 aromatic heterocycles. The summed E-state index contributed by atoms with van der Waals surface area (Å²) in [5, 5.41) is 10.2. The van der Waals surface area contributed by atoms with E-state index in [1.807, 2.05) is 56.3 Å². The topological polar surface area (TPSA) is 67.5 Å². The van der Waals surface area contributed by atoms with E-state index in [9.17, 15) is 14.7 Å². The van der Waals surface area contributed by atoms with Crippen LogP contribution in [0.1, 0.15) is 37.2 Å². The van der Waals surface area contributed by atoms with Crippen molar-refractivity contribution in [3.05, 3.63) is 71.2 Å². The van der Waals surface area contributed by atoms with Crippen LogP contribution in [-0.2, 0) is 22.4 Å². The molecule has 2 fully saturated rings. The highest BCUT2D eigenvalue weighted by molar-refractivity contribution is 8.14. The second-order valence-corrected chi connectivity index (χ2v) is 9.38. The molecule has 146 valence electrons. The average Bonchev–Trinajstić information content (AvgIpc) is 3.04. The van der Waals surface area contributed by atoms with Gasteiger partial charge in [-0.2, -0.15) is 0 Å². The van der Waals surface area contributed by atoms with Gasteiger partial charge in [0.1, 0.15) is 5.76 Å². The van der Waals surface area contributed by atoms with Crippen LogP contribution in [0, 0.1) is 16.7 Å². The number of rotatable bonds is 6. The highest BCUT2D eigenvalue weighted by Crippen LogP contribution is 2.71. The van der Waals surface area contributed by atoms with E-state index in [-0.39, 0.29) is 11.0 Å². The zero-order chi connectivity index (χ0) is 19.9. The smallest absolute Gasteiger partial charge is 0.311 e. The van der Waals surface area contributed by atoms with Crippen molar-refractivity contribution < 1.29 is 19.1 Å². The third kappa shape index (κ3) is 3.12. The zero-order valence-electron chi connectivity index (χ0n) is 16.1. The molecule has 0 bridgehead atoms. The third-order valence-corrected chi connectivity index (χ3v) is 7.34. The molecular weight excluding hydrogens is 372 g/mol. The maximum absolute atomic E-state index is 12.3. The number of furan rings is 1. The van der Waals surface area contributed by atoms with Crippen molar-refractivity contribution in [3.63, 3.8) is 0 Å². The van der Waals surface area contributed by atoms with Gasteiger partial charge in [0, 0.05) is 23.7 Å². The summed E-state index contributed by atoms with van der Waals surface area (Å²) in [6, 6.07) is 12.0. The summed E-state index contributed by atoms with van der Waals surface area (Å²) in [6.45, 7) is 3.97. The summed E-state index contributed by atoms with van der Waals surface area (Å²) < 4.78 is 5.71. The summed E-state index contributed by atoms with van der Waals surface area (Å²) >= 11 is 1.32. The number of hydrogen-bond donors (Lipinski definition) is 1. The van der Waals surface area contributed by atoms with Gasteiger partial charge >= 0.3 is 5.97 Å². The molecule has 0 spiro atoms. The van der Waals surface area contributed by atoms with Gasteiger partial charge < -0.3 is 9.52 Å². The van der Waals surface area contributed by atoms with Gasteiger partial charge in [-0.25, -0.2) is 0 Å². The van der Waals surface area contributed by atoms with Gasteiger partial charge in [-0.1, -0.05) is 62.0 Å². The van der Waals surface area contributed by atoms with E-state index >= 15 is 0 Å².